The summed E-state index contributed by atoms with van der Waals surface area (Å²) < 4.78 is 0. The maximum absolute atomic E-state index is 12.3. The van der Waals surface area contributed by atoms with Gasteiger partial charge in [0.05, 0.1) is 6.04 Å². The number of nitrogens with zero attached hydrogens (tertiary/aromatic N) is 1. The topological polar surface area (TPSA) is 80.0 Å². The molecule has 0 aromatic carbocycles. The van der Waals surface area contributed by atoms with E-state index in [1.165, 1.54) is 11.3 Å². The van der Waals surface area contributed by atoms with Crippen LogP contribution >= 0.6 is 11.3 Å². The number of amides is 1. The van der Waals surface area contributed by atoms with Crippen LogP contribution in [0.25, 0.3) is 0 Å². The summed E-state index contributed by atoms with van der Waals surface area (Å²) in [5.41, 5.74) is 6.29. The molecule has 21 heavy (non-hydrogen) atoms. The molecule has 0 radical (unpaired) electrons. The minimum atomic E-state index is -0.131. The van der Waals surface area contributed by atoms with Gasteiger partial charge in [-0.05, 0) is 47.5 Å². The lowest BCUT2D eigenvalue weighted by Gasteiger charge is -2.46. The first-order chi connectivity index (χ1) is 9.58. The Hall–Kier alpha value is -0.980. The number of rotatable bonds is 3. The van der Waals surface area contributed by atoms with Crippen molar-refractivity contribution in [2.45, 2.75) is 70.6 Å². The molecule has 0 aliphatic carbocycles. The number of carbonyl (C=O) groups is 1. The van der Waals surface area contributed by atoms with E-state index in [4.69, 9.17) is 5.73 Å². The zero-order valence-electron chi connectivity index (χ0n) is 13.5. The molecule has 4 N–H and O–H groups in total. The standard InChI is InChI=1S/C15H26N4OS/c1-9(16)13-18-11(8-21-13)12(20)17-10-6-14(2,3)19-15(4,5)7-10/h8-10,19H,6-7,16H2,1-5H3,(H,17,20). The fraction of sp³-hybridized carbons (Fsp3) is 0.733. The molecule has 1 saturated heterocycles. The summed E-state index contributed by atoms with van der Waals surface area (Å²) in [5.74, 6) is -0.100. The summed E-state index contributed by atoms with van der Waals surface area (Å²) in [5, 5.41) is 9.32. The van der Waals surface area contributed by atoms with Gasteiger partial charge in [0.1, 0.15) is 10.7 Å². The molecule has 5 nitrogen and oxygen atoms in total. The molecule has 2 heterocycles. The first-order valence-corrected chi connectivity index (χ1v) is 8.27. The SMILES string of the molecule is CC(N)c1nc(C(=O)NC2CC(C)(C)NC(C)(C)C2)cs1. The van der Waals surface area contributed by atoms with E-state index in [1.807, 2.05) is 6.92 Å². The molecule has 1 unspecified atom stereocenters. The third-order valence-corrected chi connectivity index (χ3v) is 4.72. The quantitative estimate of drug-likeness (QED) is 0.799. The predicted molar refractivity (Wildman–Crippen MR) is 86.5 cm³/mol. The summed E-state index contributed by atoms with van der Waals surface area (Å²) in [6.07, 6.45) is 1.82. The number of hydrogen-bond acceptors (Lipinski definition) is 5. The number of nitrogens with one attached hydrogen (secondary N) is 2. The van der Waals surface area contributed by atoms with Gasteiger partial charge in [0.25, 0.3) is 5.91 Å². The molecule has 1 aromatic heterocycles. The summed E-state index contributed by atoms with van der Waals surface area (Å²) in [6.45, 7) is 10.6. The van der Waals surface area contributed by atoms with E-state index in [-0.39, 0.29) is 29.1 Å². The van der Waals surface area contributed by atoms with Gasteiger partial charge in [0.15, 0.2) is 0 Å². The van der Waals surface area contributed by atoms with Crippen molar-refractivity contribution in [3.63, 3.8) is 0 Å². The van der Waals surface area contributed by atoms with Crippen LogP contribution in [0, 0.1) is 0 Å². The summed E-state index contributed by atoms with van der Waals surface area (Å²) in [4.78, 5) is 16.7. The summed E-state index contributed by atoms with van der Waals surface area (Å²) in [6, 6.07) is 0.0255. The van der Waals surface area contributed by atoms with Crippen LogP contribution < -0.4 is 16.4 Å². The minimum Gasteiger partial charge on any atom is -0.348 e. The molecule has 0 bridgehead atoms. The predicted octanol–water partition coefficient (Wildman–Crippen LogP) is 2.20. The van der Waals surface area contributed by atoms with Crippen LogP contribution in [0.2, 0.25) is 0 Å². The van der Waals surface area contributed by atoms with Gasteiger partial charge < -0.3 is 16.4 Å². The number of carbonyl (C=O) groups excluding carboxylic acids is 1. The van der Waals surface area contributed by atoms with E-state index in [0.717, 1.165) is 17.8 Å². The van der Waals surface area contributed by atoms with Crippen LogP contribution in [-0.2, 0) is 0 Å². The lowest BCUT2D eigenvalue weighted by atomic mass is 9.79. The molecule has 6 heteroatoms. The Morgan fingerprint density at radius 1 is 1.43 bits per heavy atom. The van der Waals surface area contributed by atoms with Crippen molar-refractivity contribution in [1.29, 1.82) is 0 Å². The largest absolute Gasteiger partial charge is 0.348 e. The lowest BCUT2D eigenvalue weighted by molar-refractivity contribution is 0.0868. The Kier molecular flexibility index (Phi) is 4.42. The van der Waals surface area contributed by atoms with Gasteiger partial charge >= 0.3 is 0 Å². The third-order valence-electron chi connectivity index (χ3n) is 3.67. The van der Waals surface area contributed by atoms with Crippen molar-refractivity contribution < 1.29 is 4.79 Å². The highest BCUT2D eigenvalue weighted by atomic mass is 32.1. The van der Waals surface area contributed by atoms with E-state index in [0.29, 0.717) is 5.69 Å². The second kappa shape index (κ2) is 5.66. The van der Waals surface area contributed by atoms with E-state index in [1.54, 1.807) is 5.38 Å². The van der Waals surface area contributed by atoms with Crippen LogP contribution in [0.5, 0.6) is 0 Å². The monoisotopic (exact) mass is 310 g/mol. The van der Waals surface area contributed by atoms with Gasteiger partial charge in [-0.1, -0.05) is 0 Å². The van der Waals surface area contributed by atoms with Crippen molar-refractivity contribution in [3.05, 3.63) is 16.1 Å². The molecule has 118 valence electrons. The van der Waals surface area contributed by atoms with Gasteiger partial charge in [-0.3, -0.25) is 4.79 Å². The molecule has 2 rings (SSSR count). The minimum absolute atomic E-state index is 0.0126. The van der Waals surface area contributed by atoms with Gasteiger partial charge in [-0.2, -0.15) is 0 Å². The second-order valence-electron chi connectivity index (χ2n) is 7.33. The summed E-state index contributed by atoms with van der Waals surface area (Å²) >= 11 is 1.44. The second-order valence-corrected chi connectivity index (χ2v) is 8.22. The van der Waals surface area contributed by atoms with E-state index < -0.39 is 0 Å². The molecule has 1 aliphatic rings. The fourth-order valence-corrected chi connectivity index (χ4v) is 4.04. The lowest BCUT2D eigenvalue weighted by Crippen LogP contribution is -2.62. The number of hydrogen-bond donors (Lipinski definition) is 3. The fourth-order valence-electron chi connectivity index (χ4n) is 3.28. The molecule has 0 spiro atoms. The van der Waals surface area contributed by atoms with Crippen molar-refractivity contribution in [2.24, 2.45) is 5.73 Å². The molecular formula is C15H26N4OS. The maximum atomic E-state index is 12.3. The molecular weight excluding hydrogens is 284 g/mol. The summed E-state index contributed by atoms with van der Waals surface area (Å²) in [7, 11) is 0. The smallest absolute Gasteiger partial charge is 0.270 e. The number of piperidine rings is 1. The maximum Gasteiger partial charge on any atom is 0.270 e. The van der Waals surface area contributed by atoms with Gasteiger partial charge in [-0.15, -0.1) is 11.3 Å². The molecule has 1 aliphatic heterocycles. The third kappa shape index (κ3) is 4.25. The zero-order valence-corrected chi connectivity index (χ0v) is 14.3. The Bertz CT molecular complexity index is 505. The Morgan fingerprint density at radius 2 is 2.00 bits per heavy atom. The first kappa shape index (κ1) is 16.4. The van der Waals surface area contributed by atoms with E-state index >= 15 is 0 Å². The molecule has 1 atom stereocenters. The molecule has 1 aromatic rings. The van der Waals surface area contributed by atoms with Crippen molar-refractivity contribution in [1.82, 2.24) is 15.6 Å². The molecule has 1 fully saturated rings. The highest BCUT2D eigenvalue weighted by Gasteiger charge is 2.38. The Balaban J connectivity index is 2.04. The van der Waals surface area contributed by atoms with Crippen LogP contribution in [0.3, 0.4) is 0 Å². The number of nitrogens with two attached hydrogens (primary N) is 1. The molecule has 0 saturated carbocycles. The number of thiazole rings is 1. The number of aromatic nitrogens is 1. The Labute approximate surface area is 130 Å². The van der Waals surface area contributed by atoms with E-state index in [2.05, 4.69) is 43.3 Å². The first-order valence-electron chi connectivity index (χ1n) is 7.39. The van der Waals surface area contributed by atoms with E-state index in [9.17, 15) is 4.79 Å². The average molecular weight is 310 g/mol. The van der Waals surface area contributed by atoms with Crippen molar-refractivity contribution >= 4 is 17.2 Å². The van der Waals surface area contributed by atoms with Crippen LogP contribution in [0.4, 0.5) is 0 Å². The van der Waals surface area contributed by atoms with Crippen molar-refractivity contribution in [3.8, 4) is 0 Å². The Morgan fingerprint density at radius 3 is 2.48 bits per heavy atom. The van der Waals surface area contributed by atoms with Crippen LogP contribution in [-0.4, -0.2) is 28.0 Å². The van der Waals surface area contributed by atoms with Crippen molar-refractivity contribution in [2.75, 3.05) is 0 Å². The zero-order chi connectivity index (χ0) is 15.8. The normalized spacial score (nSPS) is 22.8. The van der Waals surface area contributed by atoms with Crippen LogP contribution in [0.1, 0.15) is 69.0 Å². The highest BCUT2D eigenvalue weighted by Crippen LogP contribution is 2.28. The van der Waals surface area contributed by atoms with Gasteiger partial charge in [0, 0.05) is 22.5 Å². The van der Waals surface area contributed by atoms with Gasteiger partial charge in [-0.25, -0.2) is 4.98 Å². The van der Waals surface area contributed by atoms with Gasteiger partial charge in [0.2, 0.25) is 0 Å². The highest BCUT2D eigenvalue weighted by molar-refractivity contribution is 7.09. The van der Waals surface area contributed by atoms with Crippen LogP contribution in [0.15, 0.2) is 5.38 Å². The average Bonchev–Trinajstić information content (AvgIpc) is 2.72. The molecule has 1 amide bonds.